The Balaban J connectivity index is 0.000000279. The Bertz CT molecular complexity index is 5930. The highest BCUT2D eigenvalue weighted by molar-refractivity contribution is 7.85. The predicted molar refractivity (Wildman–Crippen MR) is 452 cm³/mol. The van der Waals surface area contributed by atoms with Crippen LogP contribution in [-0.2, 0) is 100 Å². The summed E-state index contributed by atoms with van der Waals surface area (Å²) in [7, 11) is 5.14. The van der Waals surface area contributed by atoms with Gasteiger partial charge >= 0.3 is 48.6 Å². The van der Waals surface area contributed by atoms with Gasteiger partial charge in [0.1, 0.15) is 11.6 Å². The monoisotopic (exact) mass is 1870 g/mol. The average Bonchev–Trinajstić information content (AvgIpc) is 1.63. The van der Waals surface area contributed by atoms with E-state index in [0.717, 1.165) is 111 Å². The topological polar surface area (TPSA) is 476 Å². The summed E-state index contributed by atoms with van der Waals surface area (Å²) in [5, 5.41) is 41.9. The summed E-state index contributed by atoms with van der Waals surface area (Å²) in [5.41, 5.74) is 2.27. The van der Waals surface area contributed by atoms with Crippen LogP contribution in [-0.4, -0.2) is 277 Å². The summed E-state index contributed by atoms with van der Waals surface area (Å²) in [6.45, 7) is 32.4. The summed E-state index contributed by atoms with van der Waals surface area (Å²) < 4.78 is 152. The fourth-order valence-corrected chi connectivity index (χ4v) is 13.1. The Labute approximate surface area is 734 Å². The van der Waals surface area contributed by atoms with Gasteiger partial charge in [-0.25, -0.2) is 29.1 Å². The zero-order chi connectivity index (χ0) is 97.9. The lowest BCUT2D eigenvalue weighted by Gasteiger charge is -2.28. The number of carbonyl (C=O) groups excluding carboxylic acids is 2. The van der Waals surface area contributed by atoms with E-state index in [1.54, 1.807) is 55.9 Å². The van der Waals surface area contributed by atoms with Crippen molar-refractivity contribution in [2.45, 2.75) is 143 Å². The predicted octanol–water partition coefficient (Wildman–Crippen LogP) is 2.17. The van der Waals surface area contributed by atoms with E-state index >= 15 is 0 Å². The van der Waals surface area contributed by atoms with Crippen LogP contribution in [0, 0.1) is 59.7 Å². The molecule has 0 bridgehead atoms. The van der Waals surface area contributed by atoms with Crippen molar-refractivity contribution in [1.82, 2.24) is 97.7 Å². The van der Waals surface area contributed by atoms with E-state index in [9.17, 15) is 85.7 Å². The van der Waals surface area contributed by atoms with E-state index in [0.29, 0.717) is 100 Å². The number of anilines is 5. The Kier molecular flexibility index (Phi) is 39.2. The number of imidazole rings is 4. The number of hydrogen-bond acceptors (Lipinski definition) is 27. The van der Waals surface area contributed by atoms with Crippen LogP contribution < -0.4 is 68.0 Å². The van der Waals surface area contributed by atoms with Gasteiger partial charge in [-0.2, -0.15) is 82.6 Å². The van der Waals surface area contributed by atoms with Crippen molar-refractivity contribution in [1.29, 1.82) is 0 Å². The molecule has 12 heterocycles. The van der Waals surface area contributed by atoms with Gasteiger partial charge in [0.05, 0.1) is 43.4 Å². The number of hydrogen-bond donors (Lipinski definition) is 8. The normalized spacial score (nSPS) is 14.0. The number of halogens is 12. The van der Waals surface area contributed by atoms with Crippen LogP contribution in [0.4, 0.5) is 82.4 Å². The van der Waals surface area contributed by atoms with Gasteiger partial charge < -0.3 is 61.3 Å². The van der Waals surface area contributed by atoms with Gasteiger partial charge in [-0.1, -0.05) is 37.5 Å². The zero-order valence-electron chi connectivity index (χ0n) is 72.7. The van der Waals surface area contributed by atoms with Gasteiger partial charge in [0.25, 0.3) is 22.2 Å². The molecular formula is C77H95F12N25O15S. The lowest BCUT2D eigenvalue weighted by Crippen LogP contribution is -2.44. The van der Waals surface area contributed by atoms with Crippen LogP contribution in [0.3, 0.4) is 0 Å². The first-order chi connectivity index (χ1) is 60.8. The minimum absolute atomic E-state index is 0.0412. The van der Waals surface area contributed by atoms with Crippen LogP contribution >= 0.6 is 0 Å². The fraction of sp³-hybridized carbons (Fsp3) is 0.532. The summed E-state index contributed by atoms with van der Waals surface area (Å²) in [5.74, 6) is 18.6. The number of carboxylic acid groups (broad SMARTS) is 4. The Hall–Kier alpha value is -13.4. The molecule has 8 N–H and O–H groups in total. The van der Waals surface area contributed by atoms with Gasteiger partial charge in [-0.15, -0.1) is 30.1 Å². The van der Waals surface area contributed by atoms with Crippen molar-refractivity contribution in [2.75, 3.05) is 129 Å². The van der Waals surface area contributed by atoms with E-state index in [1.165, 1.54) is 37.0 Å². The number of carboxylic acids is 4. The van der Waals surface area contributed by atoms with Crippen molar-refractivity contribution >= 4 is 121 Å². The lowest BCUT2D eigenvalue weighted by atomic mass is 10.3. The number of Topliss-reactive ketones (excluding diaryl/α,β-unsaturated/α-hetero) is 1. The number of ketones is 1. The molecule has 8 aromatic rings. The van der Waals surface area contributed by atoms with E-state index in [2.05, 4.69) is 134 Å². The third-order valence-electron chi connectivity index (χ3n) is 18.3. The first-order valence-electron chi connectivity index (χ1n) is 38.9. The molecule has 0 saturated carbocycles. The van der Waals surface area contributed by atoms with E-state index < -0.39 is 59.4 Å². The Morgan fingerprint density at radius 2 is 0.685 bits per heavy atom. The molecule has 4 saturated heterocycles. The molecule has 1 atom stereocenters. The molecule has 0 aliphatic carbocycles. The molecule has 0 spiro atoms. The first kappa shape index (κ1) is 107. The number of aromatic nitrogens is 16. The van der Waals surface area contributed by atoms with Gasteiger partial charge in [-0.3, -0.25) is 74.4 Å². The van der Waals surface area contributed by atoms with Gasteiger partial charge in [-0.05, 0) is 54.4 Å². The number of terminal acetylenes is 1. The van der Waals surface area contributed by atoms with Crippen LogP contribution in [0.2, 0.25) is 0 Å². The van der Waals surface area contributed by atoms with Crippen molar-refractivity contribution in [3.05, 3.63) is 53.1 Å². The molecule has 53 heteroatoms. The minimum Gasteiger partial charge on any atom is -0.475 e. The summed E-state index contributed by atoms with van der Waals surface area (Å²) >= 11 is 0. The number of nitrogens with zero attached hydrogens (tertiary/aromatic N) is 21. The highest BCUT2D eigenvalue weighted by Gasteiger charge is 2.41. The maximum Gasteiger partial charge on any atom is 0.490 e. The molecule has 40 nitrogen and oxygen atoms in total. The molecule has 0 aromatic carbocycles. The number of carbonyl (C=O) groups is 6. The third kappa shape index (κ3) is 28.3. The molecular weight excluding hydrogens is 1780 g/mol. The zero-order valence-corrected chi connectivity index (χ0v) is 73.5. The standard InChI is InChI=1S/C19H27N7O2.C17H24N6O2S.C17H22N6O2.C16H18N6O.4C2HF3O2/c1-6-7-10-25-15-16(22-19(25)24-11-8-20-9-12-24)21-18(23(5)17(15)28)26(13(2)3)14(4)27;1-5-6-9-23-13-14(19-16(23)22-10-7-18-8-11-22)20-17(21(4)15(13)24)26(25)12(2)3;1-4-5-8-23-14-15(20-17(23)22-9-6-18-7-10-22)19-13(11-12(2)24)21(3)16(14)25;1-4-6-9-22-13-14(18-12(5-2)20(3)15(13)23)19-16(22)21-10-7-17-8-11-21;4*3-2(4,5)1(6)7/h13,20H,8-12H2,1-5H3;12,18H,7-11H2,1-4H3;18H,6-11H2,1-3H3;2,17H,7-11H2,1,3H3;4*(H,6,7). The molecule has 708 valence electrons. The van der Waals surface area contributed by atoms with Crippen LogP contribution in [0.25, 0.3) is 44.7 Å². The quantitative estimate of drug-likeness (QED) is 0.0439. The molecule has 4 aliphatic rings. The van der Waals surface area contributed by atoms with Gasteiger partial charge in [0, 0.05) is 151 Å². The van der Waals surface area contributed by atoms with Crippen LogP contribution in [0.1, 0.15) is 80.9 Å². The van der Waals surface area contributed by atoms with Crippen molar-refractivity contribution in [2.24, 2.45) is 28.2 Å². The second kappa shape index (κ2) is 47.6. The maximum atomic E-state index is 13.2. The van der Waals surface area contributed by atoms with Crippen molar-refractivity contribution < 1.29 is 106 Å². The first-order valence-corrected chi connectivity index (χ1v) is 40.2. The van der Waals surface area contributed by atoms with Gasteiger partial charge in [0.15, 0.2) is 50.5 Å². The highest BCUT2D eigenvalue weighted by Crippen LogP contribution is 2.27. The lowest BCUT2D eigenvalue weighted by molar-refractivity contribution is -0.193. The number of nitrogens with one attached hydrogen (secondary N) is 4. The third-order valence-corrected chi connectivity index (χ3v) is 19.9. The van der Waals surface area contributed by atoms with E-state index in [4.69, 9.17) is 46.0 Å². The second-order valence-corrected chi connectivity index (χ2v) is 30.0. The molecule has 12 rings (SSSR count). The second-order valence-electron chi connectivity index (χ2n) is 28.1. The number of aliphatic carboxylic acids is 4. The smallest absolute Gasteiger partial charge is 0.475 e. The van der Waals surface area contributed by atoms with E-state index in [-0.39, 0.29) is 62.6 Å². The fourth-order valence-electron chi connectivity index (χ4n) is 12.1. The summed E-state index contributed by atoms with van der Waals surface area (Å²) in [6.07, 6.45) is -14.8. The number of piperazine rings is 4. The maximum absolute atomic E-state index is 13.2. The number of amides is 1. The molecule has 8 aromatic heterocycles. The highest BCUT2D eigenvalue weighted by atomic mass is 32.2. The molecule has 1 unspecified atom stereocenters. The largest absolute Gasteiger partial charge is 0.490 e. The molecule has 130 heavy (non-hydrogen) atoms. The van der Waals surface area contributed by atoms with Gasteiger partial charge in [0.2, 0.25) is 40.8 Å². The molecule has 4 fully saturated rings. The SMILES string of the molecule is C#Cc1nc2nc(N3CCNCC3)n(CC#CC)c2c(=O)n1C.CC#CCn1c(N2CCNCC2)nc2nc(CC(C)=O)n(C)c(=O)c21.CC#CCn1c(N2CCNCC2)nc2nc(N(C(C)=O)C(C)C)n(C)c(=O)c21.CC#CCn1c(N2CCNCC2)nc2nc(S(=O)C(C)C)n(C)c(=O)c21.O=C(O)C(F)(F)F.O=C(O)C(F)(F)F.O=C(O)C(F)(F)F.O=C(O)C(F)(F)F. The summed E-state index contributed by atoms with van der Waals surface area (Å²) in [4.78, 5) is 157. The number of fused-ring (bicyclic) bond motifs is 4. The average molecular weight is 1870 g/mol. The van der Waals surface area contributed by atoms with E-state index in [1.807, 2.05) is 46.0 Å². The molecule has 1 amide bonds. The minimum atomic E-state index is -5.08. The van der Waals surface area contributed by atoms with Crippen LogP contribution in [0.5, 0.6) is 0 Å². The number of rotatable bonds is 14. The Morgan fingerprint density at radius 1 is 0.423 bits per heavy atom. The van der Waals surface area contributed by atoms with Crippen molar-refractivity contribution in [3.63, 3.8) is 0 Å². The number of alkyl halides is 12. The van der Waals surface area contributed by atoms with Crippen molar-refractivity contribution in [3.8, 4) is 59.7 Å². The summed E-state index contributed by atoms with van der Waals surface area (Å²) in [6, 6.07) is -0.131. The molecule has 4 aliphatic heterocycles. The molecule has 0 radical (unpaired) electrons. The Morgan fingerprint density at radius 3 is 0.938 bits per heavy atom. The van der Waals surface area contributed by atoms with Crippen LogP contribution in [0.15, 0.2) is 24.3 Å².